The summed E-state index contributed by atoms with van der Waals surface area (Å²) in [6, 6.07) is 0. The van der Waals surface area contributed by atoms with E-state index in [1.165, 1.54) is 6.92 Å². The van der Waals surface area contributed by atoms with Gasteiger partial charge < -0.3 is 16.8 Å². The van der Waals surface area contributed by atoms with Crippen LogP contribution in [0.5, 0.6) is 0 Å². The molecule has 1 rings (SSSR count). The summed E-state index contributed by atoms with van der Waals surface area (Å²) in [6.07, 6.45) is -4.45. The van der Waals surface area contributed by atoms with Crippen molar-refractivity contribution in [1.29, 1.82) is 0 Å². The minimum atomic E-state index is -4.45. The monoisotopic (exact) mass is 281 g/mol. The van der Waals surface area contributed by atoms with Gasteiger partial charge >= 0.3 is 6.18 Å². The van der Waals surface area contributed by atoms with Gasteiger partial charge in [-0.15, -0.1) is 11.3 Å². The van der Waals surface area contributed by atoms with Gasteiger partial charge in [0.05, 0.1) is 16.1 Å². The Labute approximate surface area is 104 Å². The minimum Gasteiger partial charge on any atom is -0.397 e. The van der Waals surface area contributed by atoms with Crippen LogP contribution >= 0.6 is 11.3 Å². The second kappa shape index (κ2) is 4.84. The number of anilines is 2. The molecule has 0 spiro atoms. The van der Waals surface area contributed by atoms with Gasteiger partial charge in [-0.3, -0.25) is 9.59 Å². The number of Topliss-reactive ketones (excluding diaryl/α,β-unsaturated/α-hetero) is 1. The van der Waals surface area contributed by atoms with Crippen molar-refractivity contribution in [3.8, 4) is 0 Å². The fraction of sp³-hybridized carbons (Fsp3) is 0.333. The van der Waals surface area contributed by atoms with Crippen LogP contribution in [0.15, 0.2) is 0 Å². The van der Waals surface area contributed by atoms with Crippen LogP contribution in [0.3, 0.4) is 0 Å². The Morgan fingerprint density at radius 3 is 2.33 bits per heavy atom. The predicted molar refractivity (Wildman–Crippen MR) is 61.8 cm³/mol. The highest BCUT2D eigenvalue weighted by atomic mass is 32.1. The van der Waals surface area contributed by atoms with Gasteiger partial charge in [-0.25, -0.2) is 0 Å². The molecule has 0 saturated heterocycles. The standard InChI is InChI=1S/C9H10F3N3O2S/c1-3(16)6-5(13)4(7(14)17)8(18-6)15-2-9(10,11)12/h15H,2,13H2,1H3,(H2,14,17). The molecule has 1 amide bonds. The molecule has 0 saturated carbocycles. The van der Waals surface area contributed by atoms with E-state index in [-0.39, 0.29) is 21.1 Å². The number of carbonyl (C=O) groups excluding carboxylic acids is 2. The molecular weight excluding hydrogens is 271 g/mol. The summed E-state index contributed by atoms with van der Waals surface area (Å²) in [5.41, 5.74) is 10.1. The molecule has 0 aromatic carbocycles. The topological polar surface area (TPSA) is 98.2 Å². The van der Waals surface area contributed by atoms with Crippen molar-refractivity contribution in [2.75, 3.05) is 17.6 Å². The first-order valence-corrected chi connectivity index (χ1v) is 5.48. The number of halogens is 3. The van der Waals surface area contributed by atoms with Gasteiger partial charge in [0, 0.05) is 6.92 Å². The molecule has 0 fully saturated rings. The summed E-state index contributed by atoms with van der Waals surface area (Å²) >= 11 is 0.677. The number of ketones is 1. The van der Waals surface area contributed by atoms with E-state index < -0.39 is 24.4 Å². The van der Waals surface area contributed by atoms with E-state index in [1.54, 1.807) is 0 Å². The lowest BCUT2D eigenvalue weighted by Gasteiger charge is -2.08. The van der Waals surface area contributed by atoms with Crippen molar-refractivity contribution in [1.82, 2.24) is 0 Å². The van der Waals surface area contributed by atoms with Gasteiger partial charge in [-0.05, 0) is 0 Å². The number of hydrogen-bond donors (Lipinski definition) is 3. The van der Waals surface area contributed by atoms with Crippen LogP contribution in [0.1, 0.15) is 27.0 Å². The van der Waals surface area contributed by atoms with Crippen molar-refractivity contribution in [2.45, 2.75) is 13.1 Å². The van der Waals surface area contributed by atoms with Crippen molar-refractivity contribution >= 4 is 33.7 Å². The predicted octanol–water partition coefficient (Wildman–Crippen LogP) is 1.61. The number of alkyl halides is 3. The van der Waals surface area contributed by atoms with Gasteiger partial charge in [-0.1, -0.05) is 0 Å². The first-order chi connectivity index (χ1) is 8.13. The van der Waals surface area contributed by atoms with Crippen LogP contribution in [0.2, 0.25) is 0 Å². The fourth-order valence-electron chi connectivity index (χ4n) is 1.26. The molecule has 0 aliphatic carbocycles. The number of primary amides is 1. The van der Waals surface area contributed by atoms with Crippen LogP contribution < -0.4 is 16.8 Å². The third kappa shape index (κ3) is 3.13. The molecule has 1 aromatic heterocycles. The Kier molecular flexibility index (Phi) is 3.85. The van der Waals surface area contributed by atoms with Crippen molar-refractivity contribution in [3.05, 3.63) is 10.4 Å². The van der Waals surface area contributed by atoms with E-state index in [9.17, 15) is 22.8 Å². The summed E-state index contributed by atoms with van der Waals surface area (Å²) in [6.45, 7) is -0.148. The Morgan fingerprint density at radius 1 is 1.39 bits per heavy atom. The molecule has 0 radical (unpaired) electrons. The van der Waals surface area contributed by atoms with E-state index in [1.807, 2.05) is 5.32 Å². The van der Waals surface area contributed by atoms with Gasteiger partial charge in [0.1, 0.15) is 11.5 Å². The maximum atomic E-state index is 12.1. The molecule has 9 heteroatoms. The van der Waals surface area contributed by atoms with Crippen molar-refractivity contribution in [2.24, 2.45) is 5.73 Å². The molecule has 5 N–H and O–H groups in total. The van der Waals surface area contributed by atoms with E-state index in [4.69, 9.17) is 11.5 Å². The van der Waals surface area contributed by atoms with Gasteiger partial charge in [0.15, 0.2) is 5.78 Å². The Hall–Kier alpha value is -1.77. The Balaban J connectivity index is 3.14. The average Bonchev–Trinajstić information content (AvgIpc) is 2.51. The first-order valence-electron chi connectivity index (χ1n) is 4.67. The van der Waals surface area contributed by atoms with Crippen LogP contribution in [-0.2, 0) is 0 Å². The van der Waals surface area contributed by atoms with E-state index in [0.29, 0.717) is 11.3 Å². The molecule has 0 atom stereocenters. The second-order valence-electron chi connectivity index (χ2n) is 3.44. The number of nitrogens with two attached hydrogens (primary N) is 2. The van der Waals surface area contributed by atoms with Crippen molar-refractivity contribution < 1.29 is 22.8 Å². The largest absolute Gasteiger partial charge is 0.405 e. The van der Waals surface area contributed by atoms with E-state index in [0.717, 1.165) is 0 Å². The third-order valence-electron chi connectivity index (χ3n) is 1.96. The van der Waals surface area contributed by atoms with E-state index in [2.05, 4.69) is 0 Å². The Bertz CT molecular complexity index is 496. The van der Waals surface area contributed by atoms with Crippen LogP contribution in [0.4, 0.5) is 23.9 Å². The fourth-order valence-corrected chi connectivity index (χ4v) is 2.27. The number of hydrogen-bond acceptors (Lipinski definition) is 5. The molecule has 0 unspecified atom stereocenters. The smallest absolute Gasteiger partial charge is 0.397 e. The number of carbonyl (C=O) groups is 2. The molecule has 0 aliphatic rings. The normalized spacial score (nSPS) is 11.3. The maximum Gasteiger partial charge on any atom is 0.405 e. The zero-order valence-corrected chi connectivity index (χ0v) is 10.0. The average molecular weight is 281 g/mol. The molecule has 0 aliphatic heterocycles. The molecule has 18 heavy (non-hydrogen) atoms. The maximum absolute atomic E-state index is 12.1. The molecule has 1 heterocycles. The lowest BCUT2D eigenvalue weighted by Crippen LogP contribution is -2.22. The van der Waals surface area contributed by atoms with E-state index >= 15 is 0 Å². The van der Waals surface area contributed by atoms with Crippen LogP contribution in [0.25, 0.3) is 0 Å². The van der Waals surface area contributed by atoms with Gasteiger partial charge in [0.25, 0.3) is 5.91 Å². The minimum absolute atomic E-state index is 0.00785. The third-order valence-corrected chi connectivity index (χ3v) is 3.22. The van der Waals surface area contributed by atoms with Gasteiger partial charge in [0.2, 0.25) is 0 Å². The zero-order chi connectivity index (χ0) is 14.1. The summed E-state index contributed by atoms with van der Waals surface area (Å²) in [5, 5.41) is 1.86. The first kappa shape index (κ1) is 14.3. The number of nitrogens with one attached hydrogen (secondary N) is 1. The van der Waals surface area contributed by atoms with Gasteiger partial charge in [-0.2, -0.15) is 13.2 Å². The molecule has 5 nitrogen and oxygen atoms in total. The highest BCUT2D eigenvalue weighted by molar-refractivity contribution is 7.19. The molecule has 0 bridgehead atoms. The summed E-state index contributed by atoms with van der Waals surface area (Å²) in [7, 11) is 0. The number of thiophene rings is 1. The summed E-state index contributed by atoms with van der Waals surface area (Å²) in [4.78, 5) is 22.3. The molecule has 100 valence electrons. The number of amides is 1. The van der Waals surface area contributed by atoms with Crippen LogP contribution in [0, 0.1) is 0 Å². The second-order valence-corrected chi connectivity index (χ2v) is 4.46. The zero-order valence-electron chi connectivity index (χ0n) is 9.22. The lowest BCUT2D eigenvalue weighted by atomic mass is 10.2. The highest BCUT2D eigenvalue weighted by Gasteiger charge is 2.29. The number of nitrogen functional groups attached to an aromatic ring is 1. The molecule has 1 aromatic rings. The highest BCUT2D eigenvalue weighted by Crippen LogP contribution is 2.36. The summed E-state index contributed by atoms with van der Waals surface area (Å²) in [5.74, 6) is -1.43. The quantitative estimate of drug-likeness (QED) is 0.730. The lowest BCUT2D eigenvalue weighted by molar-refractivity contribution is -0.115. The Morgan fingerprint density at radius 2 is 1.94 bits per heavy atom. The SMILES string of the molecule is CC(=O)c1sc(NCC(F)(F)F)c(C(N)=O)c1N. The summed E-state index contributed by atoms with van der Waals surface area (Å²) < 4.78 is 36.2. The van der Waals surface area contributed by atoms with Crippen molar-refractivity contribution in [3.63, 3.8) is 0 Å². The molecular formula is C9H10F3N3O2S. The van der Waals surface area contributed by atoms with Crippen LogP contribution in [-0.4, -0.2) is 24.4 Å². The number of rotatable bonds is 4.